The number of likely N-dealkylation sites (tertiary alicyclic amines) is 1. The lowest BCUT2D eigenvalue weighted by Crippen LogP contribution is -2.43. The lowest BCUT2D eigenvalue weighted by atomic mass is 9.99. The van der Waals surface area contributed by atoms with E-state index in [1.165, 1.54) is 25.9 Å². The minimum absolute atomic E-state index is 0. The number of nitrogens with zero attached hydrogens (tertiary/aromatic N) is 2. The molecule has 6 heteroatoms. The normalized spacial score (nSPS) is 18.4. The minimum Gasteiger partial charge on any atom is -0.494 e. The van der Waals surface area contributed by atoms with E-state index in [1.807, 2.05) is 25.1 Å². The number of piperidine rings is 1. The third kappa shape index (κ3) is 7.81. The van der Waals surface area contributed by atoms with E-state index in [0.29, 0.717) is 19.1 Å². The van der Waals surface area contributed by atoms with Gasteiger partial charge >= 0.3 is 0 Å². The van der Waals surface area contributed by atoms with Crippen LogP contribution in [0, 0.1) is 5.92 Å². The molecule has 5 nitrogen and oxygen atoms in total. The number of hydrogen-bond acceptors (Lipinski definition) is 3. The van der Waals surface area contributed by atoms with Crippen LogP contribution in [0.25, 0.3) is 0 Å². The van der Waals surface area contributed by atoms with E-state index in [4.69, 9.17) is 9.73 Å². The second-order valence-corrected chi connectivity index (χ2v) is 6.39. The molecule has 1 saturated heterocycles. The molecule has 1 aromatic rings. The summed E-state index contributed by atoms with van der Waals surface area (Å²) in [5, 5.41) is 6.84. The van der Waals surface area contributed by atoms with Crippen LogP contribution in [-0.4, -0.2) is 50.7 Å². The lowest BCUT2D eigenvalue weighted by Gasteiger charge is -2.30. The Hall–Kier alpha value is -1.02. The van der Waals surface area contributed by atoms with Gasteiger partial charge in [-0.1, -0.05) is 18.2 Å². The molecule has 1 aromatic carbocycles. The third-order valence-corrected chi connectivity index (χ3v) is 4.30. The van der Waals surface area contributed by atoms with Crippen molar-refractivity contribution in [1.29, 1.82) is 0 Å². The van der Waals surface area contributed by atoms with Crippen LogP contribution in [0.5, 0.6) is 5.75 Å². The van der Waals surface area contributed by atoms with E-state index in [-0.39, 0.29) is 24.0 Å². The predicted molar refractivity (Wildman–Crippen MR) is 116 cm³/mol. The van der Waals surface area contributed by atoms with Crippen LogP contribution < -0.4 is 15.4 Å². The van der Waals surface area contributed by atoms with Gasteiger partial charge in [0.1, 0.15) is 5.75 Å². The first-order valence-corrected chi connectivity index (χ1v) is 9.14. The highest BCUT2D eigenvalue weighted by Gasteiger charge is 2.17. The first-order chi connectivity index (χ1) is 11.7. The molecule has 1 atom stereocenters. The number of guanidine groups is 1. The average Bonchev–Trinajstić information content (AvgIpc) is 2.59. The zero-order valence-corrected chi connectivity index (χ0v) is 18.1. The van der Waals surface area contributed by atoms with Crippen LogP contribution in [0.15, 0.2) is 29.3 Å². The fourth-order valence-electron chi connectivity index (χ4n) is 3.12. The molecular weight excluding hydrogens is 427 g/mol. The van der Waals surface area contributed by atoms with Crippen molar-refractivity contribution in [3.05, 3.63) is 29.8 Å². The van der Waals surface area contributed by atoms with E-state index in [0.717, 1.165) is 30.4 Å². The Balaban J connectivity index is 0.00000312. The highest BCUT2D eigenvalue weighted by Crippen LogP contribution is 2.18. The summed E-state index contributed by atoms with van der Waals surface area (Å²) < 4.78 is 5.68. The van der Waals surface area contributed by atoms with Crippen LogP contribution >= 0.6 is 24.0 Å². The first kappa shape index (κ1) is 22.0. The van der Waals surface area contributed by atoms with Gasteiger partial charge in [0.25, 0.3) is 0 Å². The monoisotopic (exact) mass is 460 g/mol. The summed E-state index contributed by atoms with van der Waals surface area (Å²) in [7, 11) is 2.20. The molecule has 1 unspecified atom stereocenters. The zero-order chi connectivity index (χ0) is 17.2. The van der Waals surface area contributed by atoms with Gasteiger partial charge < -0.3 is 20.3 Å². The van der Waals surface area contributed by atoms with Gasteiger partial charge in [0.2, 0.25) is 0 Å². The molecule has 0 bridgehead atoms. The van der Waals surface area contributed by atoms with Crippen molar-refractivity contribution >= 4 is 29.9 Å². The molecule has 25 heavy (non-hydrogen) atoms. The Kier molecular flexibility index (Phi) is 10.9. The Bertz CT molecular complexity index is 524. The van der Waals surface area contributed by atoms with Crippen molar-refractivity contribution in [2.45, 2.75) is 33.2 Å². The van der Waals surface area contributed by atoms with Gasteiger partial charge in [0.05, 0.1) is 13.2 Å². The topological polar surface area (TPSA) is 48.9 Å². The molecule has 0 saturated carbocycles. The molecular formula is C19H33IN4O. The molecule has 142 valence electrons. The van der Waals surface area contributed by atoms with Crippen LogP contribution in [0.2, 0.25) is 0 Å². The number of aliphatic imine (C=N–C) groups is 1. The number of benzene rings is 1. The van der Waals surface area contributed by atoms with Crippen molar-refractivity contribution in [2.75, 3.05) is 39.8 Å². The molecule has 1 heterocycles. The highest BCUT2D eigenvalue weighted by atomic mass is 127. The van der Waals surface area contributed by atoms with Gasteiger partial charge in [-0.3, -0.25) is 0 Å². The summed E-state index contributed by atoms with van der Waals surface area (Å²) in [5.74, 6) is 2.51. The zero-order valence-electron chi connectivity index (χ0n) is 15.8. The molecule has 0 amide bonds. The Labute approximate surface area is 169 Å². The number of ether oxygens (including phenoxy) is 1. The van der Waals surface area contributed by atoms with E-state index >= 15 is 0 Å². The largest absolute Gasteiger partial charge is 0.494 e. The number of rotatable bonds is 7. The maximum atomic E-state index is 5.68. The van der Waals surface area contributed by atoms with Gasteiger partial charge in [0.15, 0.2) is 5.96 Å². The third-order valence-electron chi connectivity index (χ3n) is 4.30. The fraction of sp³-hybridized carbons (Fsp3) is 0.632. The Morgan fingerprint density at radius 3 is 2.80 bits per heavy atom. The van der Waals surface area contributed by atoms with Crippen molar-refractivity contribution in [3.8, 4) is 5.75 Å². The maximum absolute atomic E-state index is 5.68. The fourth-order valence-corrected chi connectivity index (χ4v) is 3.12. The van der Waals surface area contributed by atoms with Crippen molar-refractivity contribution in [1.82, 2.24) is 15.5 Å². The summed E-state index contributed by atoms with van der Waals surface area (Å²) >= 11 is 0. The summed E-state index contributed by atoms with van der Waals surface area (Å²) in [6, 6.07) is 8.12. The van der Waals surface area contributed by atoms with Gasteiger partial charge in [0, 0.05) is 25.2 Å². The quantitative estimate of drug-likeness (QED) is 0.373. The lowest BCUT2D eigenvalue weighted by molar-refractivity contribution is 0.210. The van der Waals surface area contributed by atoms with Crippen LogP contribution in [0.3, 0.4) is 0 Å². The van der Waals surface area contributed by atoms with Crippen molar-refractivity contribution < 1.29 is 4.74 Å². The highest BCUT2D eigenvalue weighted by molar-refractivity contribution is 14.0. The summed E-state index contributed by atoms with van der Waals surface area (Å²) in [6.45, 7) is 9.63. The van der Waals surface area contributed by atoms with Crippen LogP contribution in [0.4, 0.5) is 0 Å². The minimum atomic E-state index is 0. The number of para-hydroxylation sites is 1. The smallest absolute Gasteiger partial charge is 0.191 e. The summed E-state index contributed by atoms with van der Waals surface area (Å²) in [4.78, 5) is 7.15. The number of hydrogen-bond donors (Lipinski definition) is 2. The van der Waals surface area contributed by atoms with Gasteiger partial charge in [-0.15, -0.1) is 24.0 Å². The van der Waals surface area contributed by atoms with Crippen LogP contribution in [0.1, 0.15) is 32.3 Å². The van der Waals surface area contributed by atoms with Crippen LogP contribution in [-0.2, 0) is 6.54 Å². The van der Waals surface area contributed by atoms with Gasteiger partial charge in [-0.25, -0.2) is 4.99 Å². The second-order valence-electron chi connectivity index (χ2n) is 6.39. The molecule has 2 N–H and O–H groups in total. The molecule has 1 aliphatic rings. The van der Waals surface area contributed by atoms with E-state index < -0.39 is 0 Å². The summed E-state index contributed by atoms with van der Waals surface area (Å²) in [6.07, 6.45) is 2.59. The standard InChI is InChI=1S/C19H32N4O.HI/c1-4-20-19(21-13-16-9-8-12-23(3)15-16)22-14-17-10-6-7-11-18(17)24-5-2;/h6-7,10-11,16H,4-5,8-9,12-15H2,1-3H3,(H2,20,21,22);1H. The molecule has 1 fully saturated rings. The molecule has 0 aromatic heterocycles. The first-order valence-electron chi connectivity index (χ1n) is 9.14. The van der Waals surface area contributed by atoms with Gasteiger partial charge in [-0.2, -0.15) is 0 Å². The van der Waals surface area contributed by atoms with Crippen molar-refractivity contribution in [3.63, 3.8) is 0 Å². The van der Waals surface area contributed by atoms with Gasteiger partial charge in [-0.05, 0) is 52.3 Å². The second kappa shape index (κ2) is 12.4. The Morgan fingerprint density at radius 2 is 2.08 bits per heavy atom. The molecule has 0 spiro atoms. The van der Waals surface area contributed by atoms with E-state index in [2.05, 4.69) is 35.6 Å². The van der Waals surface area contributed by atoms with E-state index in [1.54, 1.807) is 0 Å². The molecule has 0 aliphatic carbocycles. The Morgan fingerprint density at radius 1 is 1.28 bits per heavy atom. The predicted octanol–water partition coefficient (Wildman–Crippen LogP) is 3.10. The molecule has 1 aliphatic heterocycles. The summed E-state index contributed by atoms with van der Waals surface area (Å²) in [5.41, 5.74) is 1.12. The average molecular weight is 460 g/mol. The number of halogens is 1. The molecule has 2 rings (SSSR count). The SMILES string of the molecule is CCNC(=NCc1ccccc1OCC)NCC1CCCN(C)C1.I. The van der Waals surface area contributed by atoms with Crippen molar-refractivity contribution in [2.24, 2.45) is 10.9 Å². The maximum Gasteiger partial charge on any atom is 0.191 e. The number of nitrogens with one attached hydrogen (secondary N) is 2. The molecule has 0 radical (unpaired) electrons. The van der Waals surface area contributed by atoms with E-state index in [9.17, 15) is 0 Å².